The maximum absolute atomic E-state index is 12.7. The highest BCUT2D eigenvalue weighted by Crippen LogP contribution is 2.33. The lowest BCUT2D eigenvalue weighted by Crippen LogP contribution is -2.36. The minimum absolute atomic E-state index is 0.0728. The summed E-state index contributed by atoms with van der Waals surface area (Å²) in [6, 6.07) is 22.8. The molecule has 3 aromatic carbocycles. The van der Waals surface area contributed by atoms with Crippen molar-refractivity contribution in [2.75, 3.05) is 33.9 Å². The molecule has 0 spiro atoms. The van der Waals surface area contributed by atoms with Gasteiger partial charge in [0.05, 0.1) is 11.4 Å². The van der Waals surface area contributed by atoms with E-state index in [2.05, 4.69) is 26.2 Å². The second kappa shape index (κ2) is 12.3. The first-order valence-corrected chi connectivity index (χ1v) is 13.1. The molecule has 9 heteroatoms. The lowest BCUT2D eigenvalue weighted by molar-refractivity contribution is -0.121. The fourth-order valence-corrected chi connectivity index (χ4v) is 4.97. The Labute approximate surface area is 221 Å². The van der Waals surface area contributed by atoms with Gasteiger partial charge in [-0.05, 0) is 61.0 Å². The van der Waals surface area contributed by atoms with Crippen molar-refractivity contribution in [1.82, 2.24) is 5.32 Å². The minimum atomic E-state index is -0.411. The zero-order valence-electron chi connectivity index (χ0n) is 20.9. The van der Waals surface area contributed by atoms with Crippen LogP contribution >= 0.6 is 11.8 Å². The second-order valence-electron chi connectivity index (χ2n) is 8.78. The van der Waals surface area contributed by atoms with Gasteiger partial charge >= 0.3 is 6.03 Å². The second-order valence-corrected chi connectivity index (χ2v) is 9.93. The van der Waals surface area contributed by atoms with E-state index in [4.69, 9.17) is 0 Å². The molecular formula is C28H31N5O3S. The fourth-order valence-electron chi connectivity index (χ4n) is 4.10. The average molecular weight is 518 g/mol. The molecule has 0 saturated carbocycles. The third kappa shape index (κ3) is 7.50. The lowest BCUT2D eigenvalue weighted by atomic mass is 10.2. The zero-order valence-corrected chi connectivity index (χ0v) is 21.7. The van der Waals surface area contributed by atoms with E-state index in [0.29, 0.717) is 23.5 Å². The highest BCUT2D eigenvalue weighted by atomic mass is 32.2. The molecule has 192 valence electrons. The molecule has 0 bridgehead atoms. The molecule has 3 aromatic rings. The van der Waals surface area contributed by atoms with Crippen molar-refractivity contribution in [3.05, 3.63) is 72.8 Å². The van der Waals surface area contributed by atoms with Crippen LogP contribution in [0.4, 0.5) is 27.5 Å². The number of carbonyl (C=O) groups excluding carboxylic acids is 3. The van der Waals surface area contributed by atoms with Gasteiger partial charge < -0.3 is 26.2 Å². The molecule has 8 nitrogen and oxygen atoms in total. The number of carbonyl (C=O) groups is 3. The normalized spacial score (nSPS) is 14.6. The van der Waals surface area contributed by atoms with Gasteiger partial charge in [-0.1, -0.05) is 36.9 Å². The summed E-state index contributed by atoms with van der Waals surface area (Å²) >= 11 is 1.57. The summed E-state index contributed by atoms with van der Waals surface area (Å²) in [7, 11) is 0. The Hall–Kier alpha value is -3.98. The van der Waals surface area contributed by atoms with Gasteiger partial charge in [-0.15, -0.1) is 0 Å². The van der Waals surface area contributed by atoms with Gasteiger partial charge in [-0.25, -0.2) is 4.79 Å². The van der Waals surface area contributed by atoms with Crippen LogP contribution in [0.2, 0.25) is 0 Å². The highest BCUT2D eigenvalue weighted by molar-refractivity contribution is 7.99. The number of hydrogen-bond donors (Lipinski definition) is 4. The van der Waals surface area contributed by atoms with E-state index < -0.39 is 6.03 Å². The molecule has 1 saturated heterocycles. The largest absolute Gasteiger partial charge is 0.369 e. The predicted octanol–water partition coefficient (Wildman–Crippen LogP) is 5.55. The first-order chi connectivity index (χ1) is 17.9. The predicted molar refractivity (Wildman–Crippen MR) is 149 cm³/mol. The number of nitrogens with zero attached hydrogens (tertiary/aromatic N) is 1. The maximum Gasteiger partial charge on any atom is 0.323 e. The van der Waals surface area contributed by atoms with Crippen molar-refractivity contribution in [3.63, 3.8) is 0 Å². The summed E-state index contributed by atoms with van der Waals surface area (Å²) in [6.45, 7) is 4.92. The summed E-state index contributed by atoms with van der Waals surface area (Å²) in [5, 5.41) is 11.5. The Morgan fingerprint density at radius 1 is 0.892 bits per heavy atom. The number of anilines is 4. The van der Waals surface area contributed by atoms with Gasteiger partial charge in [-0.2, -0.15) is 0 Å². The Morgan fingerprint density at radius 2 is 1.65 bits per heavy atom. The number of amides is 4. The molecule has 1 atom stereocenters. The van der Waals surface area contributed by atoms with E-state index >= 15 is 0 Å². The smallest absolute Gasteiger partial charge is 0.323 e. The fraction of sp³-hybridized carbons (Fsp3) is 0.250. The van der Waals surface area contributed by atoms with Crippen LogP contribution < -0.4 is 26.2 Å². The third-order valence-electron chi connectivity index (χ3n) is 5.89. The molecule has 0 radical (unpaired) electrons. The SMILES string of the molecule is CCC(=O)NC1CCN(c2ccc(NC(=O)Nc3ccc(Sc4ccccc4)cc3NC(C)=O)cc2)C1. The Morgan fingerprint density at radius 3 is 2.35 bits per heavy atom. The van der Waals surface area contributed by atoms with Crippen molar-refractivity contribution < 1.29 is 14.4 Å². The van der Waals surface area contributed by atoms with Crippen LogP contribution in [0.25, 0.3) is 0 Å². The average Bonchev–Trinajstić information content (AvgIpc) is 3.34. The van der Waals surface area contributed by atoms with Crippen molar-refractivity contribution in [2.45, 2.75) is 42.5 Å². The van der Waals surface area contributed by atoms with Crippen LogP contribution in [0.1, 0.15) is 26.7 Å². The highest BCUT2D eigenvalue weighted by Gasteiger charge is 2.23. The number of benzene rings is 3. The molecule has 1 fully saturated rings. The molecule has 4 rings (SSSR count). The van der Waals surface area contributed by atoms with Crippen molar-refractivity contribution in [1.29, 1.82) is 0 Å². The van der Waals surface area contributed by atoms with Crippen molar-refractivity contribution in [3.8, 4) is 0 Å². The summed E-state index contributed by atoms with van der Waals surface area (Å²) in [6.07, 6.45) is 1.40. The van der Waals surface area contributed by atoms with Gasteiger partial charge in [0.25, 0.3) is 0 Å². The molecule has 4 N–H and O–H groups in total. The zero-order chi connectivity index (χ0) is 26.2. The molecule has 1 aliphatic rings. The molecule has 0 aliphatic carbocycles. The van der Waals surface area contributed by atoms with Gasteiger partial charge in [0.2, 0.25) is 11.8 Å². The molecule has 4 amide bonds. The topological polar surface area (TPSA) is 103 Å². The number of nitrogens with one attached hydrogen (secondary N) is 4. The summed E-state index contributed by atoms with van der Waals surface area (Å²) in [4.78, 5) is 40.4. The van der Waals surface area contributed by atoms with Crippen molar-refractivity contribution in [2.24, 2.45) is 0 Å². The van der Waals surface area contributed by atoms with Crippen LogP contribution in [0.3, 0.4) is 0 Å². The monoisotopic (exact) mass is 517 g/mol. The number of hydrogen-bond acceptors (Lipinski definition) is 5. The van der Waals surface area contributed by atoms with E-state index in [1.807, 2.05) is 73.7 Å². The number of urea groups is 1. The molecule has 37 heavy (non-hydrogen) atoms. The van der Waals surface area contributed by atoms with Crippen LogP contribution in [-0.4, -0.2) is 37.0 Å². The third-order valence-corrected chi connectivity index (χ3v) is 6.89. The molecule has 0 aromatic heterocycles. The quantitative estimate of drug-likeness (QED) is 0.314. The van der Waals surface area contributed by atoms with E-state index in [1.54, 1.807) is 17.8 Å². The van der Waals surface area contributed by atoms with E-state index in [-0.39, 0.29) is 17.9 Å². The molecule has 1 aliphatic heterocycles. The first kappa shape index (κ1) is 26.1. The van der Waals surface area contributed by atoms with E-state index in [9.17, 15) is 14.4 Å². The number of rotatable bonds is 8. The molecule has 1 unspecified atom stereocenters. The summed E-state index contributed by atoms with van der Waals surface area (Å²) in [5.74, 6) is -0.150. The van der Waals surface area contributed by atoms with Gasteiger partial charge in [-0.3, -0.25) is 9.59 Å². The van der Waals surface area contributed by atoms with Crippen LogP contribution in [0.5, 0.6) is 0 Å². The van der Waals surface area contributed by atoms with Crippen LogP contribution in [0.15, 0.2) is 82.6 Å². The minimum Gasteiger partial charge on any atom is -0.369 e. The van der Waals surface area contributed by atoms with Crippen LogP contribution in [0, 0.1) is 0 Å². The summed E-state index contributed by atoms with van der Waals surface area (Å²) < 4.78 is 0. The lowest BCUT2D eigenvalue weighted by Gasteiger charge is -2.19. The Kier molecular flexibility index (Phi) is 8.68. The van der Waals surface area contributed by atoms with E-state index in [1.165, 1.54) is 6.92 Å². The first-order valence-electron chi connectivity index (χ1n) is 12.3. The standard InChI is InChI=1S/C28H31N5O3S/c1-3-27(35)30-21-15-16-33(18-21)22-11-9-20(10-12-22)31-28(36)32-25-14-13-24(17-26(25)29-19(2)34)37-23-7-5-4-6-8-23/h4-14,17,21H,3,15-16,18H2,1-2H3,(H,29,34)(H,30,35)(H2,31,32,36). The van der Waals surface area contributed by atoms with E-state index in [0.717, 1.165) is 35.0 Å². The summed E-state index contributed by atoms with van der Waals surface area (Å²) in [5.41, 5.74) is 2.71. The van der Waals surface area contributed by atoms with Gasteiger partial charge in [0, 0.05) is 53.6 Å². The Balaban J connectivity index is 1.37. The van der Waals surface area contributed by atoms with Crippen LogP contribution in [-0.2, 0) is 9.59 Å². The molecule has 1 heterocycles. The van der Waals surface area contributed by atoms with Gasteiger partial charge in [0.15, 0.2) is 0 Å². The van der Waals surface area contributed by atoms with Gasteiger partial charge in [0.1, 0.15) is 0 Å². The molecular weight excluding hydrogens is 486 g/mol. The van der Waals surface area contributed by atoms with Crippen molar-refractivity contribution >= 4 is 52.4 Å². The maximum atomic E-state index is 12.7. The Bertz CT molecular complexity index is 1250.